The Balaban J connectivity index is 2.23. The molecule has 0 aromatic heterocycles. The van der Waals surface area contributed by atoms with Crippen LogP contribution in [-0.4, -0.2) is 27.5 Å². The van der Waals surface area contributed by atoms with Gasteiger partial charge >= 0.3 is 5.97 Å². The summed E-state index contributed by atoms with van der Waals surface area (Å²) in [5.74, 6) is -1.00. The SMILES string of the molecule is CC1(C)CC(Sc2ccc(Cl)c(C(=O)O)c2)C(C)(C)O1. The standard InChI is InChI=1S/C15H19ClO3S/c1-14(2)8-12(15(3,4)19-14)20-9-5-6-11(16)10(7-9)13(17)18/h5-7,12H,8H2,1-4H3,(H,17,18). The van der Waals surface area contributed by atoms with Crippen LogP contribution >= 0.6 is 23.4 Å². The second-order valence-corrected chi connectivity index (χ2v) is 7.91. The number of halogens is 1. The summed E-state index contributed by atoms with van der Waals surface area (Å²) in [4.78, 5) is 12.0. The van der Waals surface area contributed by atoms with Crippen LogP contribution in [0.5, 0.6) is 0 Å². The molecule has 2 rings (SSSR count). The average Bonchev–Trinajstić information content (AvgIpc) is 2.49. The highest BCUT2D eigenvalue weighted by atomic mass is 35.5. The topological polar surface area (TPSA) is 46.5 Å². The predicted octanol–water partition coefficient (Wildman–Crippen LogP) is 4.48. The molecule has 1 atom stereocenters. The van der Waals surface area contributed by atoms with Crippen molar-refractivity contribution in [2.45, 2.75) is 55.5 Å². The van der Waals surface area contributed by atoms with Crippen molar-refractivity contribution < 1.29 is 14.6 Å². The molecule has 1 unspecified atom stereocenters. The summed E-state index contributed by atoms with van der Waals surface area (Å²) in [5, 5.41) is 9.66. The van der Waals surface area contributed by atoms with Gasteiger partial charge in [0.15, 0.2) is 0 Å². The third kappa shape index (κ3) is 3.30. The Morgan fingerprint density at radius 2 is 2.05 bits per heavy atom. The van der Waals surface area contributed by atoms with Gasteiger partial charge in [-0.1, -0.05) is 11.6 Å². The third-order valence-electron chi connectivity index (χ3n) is 3.44. The van der Waals surface area contributed by atoms with Crippen LogP contribution in [0, 0.1) is 0 Å². The highest BCUT2D eigenvalue weighted by Crippen LogP contribution is 2.46. The highest BCUT2D eigenvalue weighted by Gasteiger charge is 2.46. The van der Waals surface area contributed by atoms with E-state index in [-0.39, 0.29) is 27.0 Å². The second-order valence-electron chi connectivity index (χ2n) is 6.22. The Hall–Kier alpha value is -0.710. The van der Waals surface area contributed by atoms with Crippen molar-refractivity contribution in [3.05, 3.63) is 28.8 Å². The van der Waals surface area contributed by atoms with Crippen molar-refractivity contribution in [3.8, 4) is 0 Å². The summed E-state index contributed by atoms with van der Waals surface area (Å²) in [6.07, 6.45) is 0.926. The fraction of sp³-hybridized carbons (Fsp3) is 0.533. The molecule has 1 fully saturated rings. The van der Waals surface area contributed by atoms with Gasteiger partial charge in [0, 0.05) is 10.1 Å². The van der Waals surface area contributed by atoms with E-state index in [1.807, 2.05) is 6.07 Å². The fourth-order valence-corrected chi connectivity index (χ4v) is 4.28. The van der Waals surface area contributed by atoms with Gasteiger partial charge in [-0.15, -0.1) is 11.8 Å². The van der Waals surface area contributed by atoms with E-state index in [0.29, 0.717) is 0 Å². The zero-order valence-corrected chi connectivity index (χ0v) is 13.6. The van der Waals surface area contributed by atoms with Gasteiger partial charge in [0.2, 0.25) is 0 Å². The minimum absolute atomic E-state index is 0.146. The van der Waals surface area contributed by atoms with Crippen molar-refractivity contribution in [1.29, 1.82) is 0 Å². The Morgan fingerprint density at radius 1 is 1.40 bits per heavy atom. The van der Waals surface area contributed by atoms with Crippen molar-refractivity contribution in [3.63, 3.8) is 0 Å². The van der Waals surface area contributed by atoms with E-state index >= 15 is 0 Å². The summed E-state index contributed by atoms with van der Waals surface area (Å²) in [6.45, 7) is 8.32. The van der Waals surface area contributed by atoms with Crippen LogP contribution < -0.4 is 0 Å². The highest BCUT2D eigenvalue weighted by molar-refractivity contribution is 8.00. The van der Waals surface area contributed by atoms with Crippen molar-refractivity contribution in [2.24, 2.45) is 0 Å². The number of ether oxygens (including phenoxy) is 1. The van der Waals surface area contributed by atoms with Gasteiger partial charge in [-0.25, -0.2) is 4.79 Å². The molecule has 20 heavy (non-hydrogen) atoms. The summed E-state index contributed by atoms with van der Waals surface area (Å²) < 4.78 is 6.06. The number of carbonyl (C=O) groups is 1. The first-order valence-electron chi connectivity index (χ1n) is 6.50. The second kappa shape index (κ2) is 5.24. The van der Waals surface area contributed by atoms with Gasteiger partial charge in [0.25, 0.3) is 0 Å². The largest absolute Gasteiger partial charge is 0.478 e. The molecule has 0 aliphatic carbocycles. The van der Waals surface area contributed by atoms with Crippen molar-refractivity contribution >= 4 is 29.3 Å². The first kappa shape index (κ1) is 15.7. The quantitative estimate of drug-likeness (QED) is 0.893. The lowest BCUT2D eigenvalue weighted by Crippen LogP contribution is -2.30. The third-order valence-corrected chi connectivity index (χ3v) is 5.31. The van der Waals surface area contributed by atoms with Gasteiger partial charge in [-0.05, 0) is 52.3 Å². The maximum absolute atomic E-state index is 11.1. The lowest BCUT2D eigenvalue weighted by molar-refractivity contribution is -0.0631. The monoisotopic (exact) mass is 314 g/mol. The van der Waals surface area contributed by atoms with Gasteiger partial charge in [0.05, 0.1) is 21.8 Å². The Labute approximate surface area is 128 Å². The van der Waals surface area contributed by atoms with E-state index in [0.717, 1.165) is 11.3 Å². The molecular formula is C15H19ClO3S. The molecule has 3 nitrogen and oxygen atoms in total. The van der Waals surface area contributed by atoms with E-state index in [9.17, 15) is 4.79 Å². The van der Waals surface area contributed by atoms with E-state index in [2.05, 4.69) is 27.7 Å². The molecule has 1 saturated heterocycles. The maximum atomic E-state index is 11.1. The molecule has 110 valence electrons. The molecule has 0 amide bonds. The minimum atomic E-state index is -1.00. The molecule has 0 radical (unpaired) electrons. The normalized spacial score (nSPS) is 23.8. The van der Waals surface area contributed by atoms with Crippen LogP contribution in [-0.2, 0) is 4.74 Å². The summed E-state index contributed by atoms with van der Waals surface area (Å²) >= 11 is 7.55. The maximum Gasteiger partial charge on any atom is 0.337 e. The fourth-order valence-electron chi connectivity index (χ4n) is 2.60. The zero-order chi connectivity index (χ0) is 15.1. The van der Waals surface area contributed by atoms with E-state index < -0.39 is 5.97 Å². The van der Waals surface area contributed by atoms with E-state index in [4.69, 9.17) is 21.4 Å². The number of thioether (sulfide) groups is 1. The van der Waals surface area contributed by atoms with Crippen LogP contribution in [0.4, 0.5) is 0 Å². The Morgan fingerprint density at radius 3 is 2.55 bits per heavy atom. The van der Waals surface area contributed by atoms with Gasteiger partial charge < -0.3 is 9.84 Å². The number of aromatic carboxylic acids is 1. The Kier molecular flexibility index (Phi) is 4.11. The number of rotatable bonds is 3. The first-order chi connectivity index (χ1) is 9.11. The molecule has 0 bridgehead atoms. The van der Waals surface area contributed by atoms with Gasteiger partial charge in [-0.3, -0.25) is 0 Å². The van der Waals surface area contributed by atoms with Crippen LogP contribution in [0.15, 0.2) is 23.1 Å². The molecule has 1 aliphatic rings. The van der Waals surface area contributed by atoms with Gasteiger partial charge in [0.1, 0.15) is 0 Å². The number of carboxylic acid groups (broad SMARTS) is 1. The smallest absolute Gasteiger partial charge is 0.337 e. The molecule has 1 aliphatic heterocycles. The molecule has 0 saturated carbocycles. The molecule has 1 aromatic carbocycles. The summed E-state index contributed by atoms with van der Waals surface area (Å²) in [7, 11) is 0. The predicted molar refractivity (Wildman–Crippen MR) is 81.9 cm³/mol. The van der Waals surface area contributed by atoms with Crippen LogP contribution in [0.1, 0.15) is 44.5 Å². The lowest BCUT2D eigenvalue weighted by Gasteiger charge is -2.27. The molecule has 1 aromatic rings. The van der Waals surface area contributed by atoms with Crippen LogP contribution in [0.25, 0.3) is 0 Å². The van der Waals surface area contributed by atoms with Gasteiger partial charge in [-0.2, -0.15) is 0 Å². The summed E-state index contributed by atoms with van der Waals surface area (Å²) in [6, 6.07) is 5.14. The number of hydrogen-bond acceptors (Lipinski definition) is 3. The summed E-state index contributed by atoms with van der Waals surface area (Å²) in [5.41, 5.74) is -0.243. The van der Waals surface area contributed by atoms with Crippen LogP contribution in [0.2, 0.25) is 5.02 Å². The van der Waals surface area contributed by atoms with Crippen molar-refractivity contribution in [1.82, 2.24) is 0 Å². The average molecular weight is 315 g/mol. The molecule has 1 heterocycles. The lowest BCUT2D eigenvalue weighted by atomic mass is 10.0. The van der Waals surface area contributed by atoms with E-state index in [1.165, 1.54) is 0 Å². The van der Waals surface area contributed by atoms with Crippen molar-refractivity contribution in [2.75, 3.05) is 0 Å². The number of hydrogen-bond donors (Lipinski definition) is 1. The molecule has 5 heteroatoms. The molecule has 1 N–H and O–H groups in total. The van der Waals surface area contributed by atoms with E-state index in [1.54, 1.807) is 23.9 Å². The molecular weight excluding hydrogens is 296 g/mol. The minimum Gasteiger partial charge on any atom is -0.478 e. The zero-order valence-electron chi connectivity index (χ0n) is 12.1. The Bertz CT molecular complexity index is 540. The first-order valence-corrected chi connectivity index (χ1v) is 7.76. The molecule has 0 spiro atoms. The van der Waals surface area contributed by atoms with Crippen LogP contribution in [0.3, 0.4) is 0 Å². The number of carboxylic acids is 1. The number of benzene rings is 1.